The SMILES string of the molecule is CCOc1ccc(C(=O)NNC(=O)c2oc3ccc(F)cc3c2C)cc1OC. The first-order valence-electron chi connectivity index (χ1n) is 8.54. The molecule has 0 unspecified atom stereocenters. The summed E-state index contributed by atoms with van der Waals surface area (Å²) in [5.41, 5.74) is 5.73. The highest BCUT2D eigenvalue weighted by atomic mass is 19.1. The molecular weight excluding hydrogens is 367 g/mol. The van der Waals surface area contributed by atoms with Crippen LogP contribution in [0.1, 0.15) is 33.4 Å². The van der Waals surface area contributed by atoms with Crippen molar-refractivity contribution >= 4 is 22.8 Å². The van der Waals surface area contributed by atoms with E-state index in [4.69, 9.17) is 13.9 Å². The fourth-order valence-electron chi connectivity index (χ4n) is 2.74. The molecule has 0 atom stereocenters. The summed E-state index contributed by atoms with van der Waals surface area (Å²) in [7, 11) is 1.47. The van der Waals surface area contributed by atoms with Crippen LogP contribution in [0.25, 0.3) is 11.0 Å². The number of halogens is 1. The number of rotatable bonds is 5. The molecule has 3 rings (SSSR count). The van der Waals surface area contributed by atoms with Crippen LogP contribution in [0.4, 0.5) is 4.39 Å². The number of carbonyl (C=O) groups is 2. The highest BCUT2D eigenvalue weighted by molar-refractivity contribution is 6.01. The van der Waals surface area contributed by atoms with Crippen LogP contribution in [0.3, 0.4) is 0 Å². The van der Waals surface area contributed by atoms with Gasteiger partial charge in [-0.2, -0.15) is 0 Å². The highest BCUT2D eigenvalue weighted by Gasteiger charge is 2.19. The lowest BCUT2D eigenvalue weighted by atomic mass is 10.1. The molecule has 0 saturated carbocycles. The second kappa shape index (κ2) is 7.99. The summed E-state index contributed by atoms with van der Waals surface area (Å²) in [6, 6.07) is 8.63. The predicted octanol–water partition coefficient (Wildman–Crippen LogP) is 3.36. The molecule has 2 amide bonds. The lowest BCUT2D eigenvalue weighted by molar-refractivity contribution is 0.0831. The monoisotopic (exact) mass is 386 g/mol. The molecule has 8 heteroatoms. The predicted molar refractivity (Wildman–Crippen MR) is 100 cm³/mol. The van der Waals surface area contributed by atoms with E-state index in [-0.39, 0.29) is 11.3 Å². The molecule has 0 fully saturated rings. The van der Waals surface area contributed by atoms with Crippen LogP contribution in [-0.4, -0.2) is 25.5 Å². The van der Waals surface area contributed by atoms with Gasteiger partial charge in [-0.3, -0.25) is 20.4 Å². The van der Waals surface area contributed by atoms with E-state index in [1.165, 1.54) is 31.4 Å². The van der Waals surface area contributed by atoms with Crippen LogP contribution in [0.15, 0.2) is 40.8 Å². The number of amides is 2. The van der Waals surface area contributed by atoms with Crippen molar-refractivity contribution in [2.45, 2.75) is 13.8 Å². The number of hydrazine groups is 1. The van der Waals surface area contributed by atoms with Gasteiger partial charge in [-0.25, -0.2) is 4.39 Å². The molecule has 1 heterocycles. The van der Waals surface area contributed by atoms with Crippen molar-refractivity contribution in [1.29, 1.82) is 0 Å². The Morgan fingerprint density at radius 1 is 1.07 bits per heavy atom. The molecule has 146 valence electrons. The number of nitrogens with one attached hydrogen (secondary N) is 2. The van der Waals surface area contributed by atoms with E-state index in [1.807, 2.05) is 6.92 Å². The van der Waals surface area contributed by atoms with Crippen LogP contribution >= 0.6 is 0 Å². The van der Waals surface area contributed by atoms with Crippen molar-refractivity contribution in [1.82, 2.24) is 10.9 Å². The molecular formula is C20H19FN2O5. The molecule has 28 heavy (non-hydrogen) atoms. The van der Waals surface area contributed by atoms with E-state index >= 15 is 0 Å². The Labute approximate surface area is 160 Å². The van der Waals surface area contributed by atoms with E-state index in [2.05, 4.69) is 10.9 Å². The van der Waals surface area contributed by atoms with Crippen molar-refractivity contribution in [2.75, 3.05) is 13.7 Å². The quantitative estimate of drug-likeness (QED) is 0.657. The van der Waals surface area contributed by atoms with Gasteiger partial charge in [0.15, 0.2) is 17.3 Å². The van der Waals surface area contributed by atoms with E-state index < -0.39 is 17.6 Å². The van der Waals surface area contributed by atoms with Crippen molar-refractivity contribution < 1.29 is 27.9 Å². The van der Waals surface area contributed by atoms with E-state index in [9.17, 15) is 14.0 Å². The Kier molecular flexibility index (Phi) is 5.49. The summed E-state index contributed by atoms with van der Waals surface area (Å²) in [6.07, 6.45) is 0. The van der Waals surface area contributed by atoms with Crippen molar-refractivity contribution in [3.63, 3.8) is 0 Å². The minimum atomic E-state index is -0.652. The molecule has 0 saturated heterocycles. The molecule has 0 radical (unpaired) electrons. The van der Waals surface area contributed by atoms with Crippen LogP contribution in [0.2, 0.25) is 0 Å². The number of ether oxygens (including phenoxy) is 2. The largest absolute Gasteiger partial charge is 0.493 e. The number of benzene rings is 2. The first-order chi connectivity index (χ1) is 13.4. The number of furan rings is 1. The molecule has 2 aromatic carbocycles. The number of hydrogen-bond donors (Lipinski definition) is 2. The van der Waals surface area contributed by atoms with Crippen molar-refractivity contribution in [3.05, 3.63) is 59.1 Å². The van der Waals surface area contributed by atoms with Gasteiger partial charge < -0.3 is 13.9 Å². The number of carbonyl (C=O) groups excluding carboxylic acids is 2. The normalized spacial score (nSPS) is 10.6. The molecule has 0 spiro atoms. The Morgan fingerprint density at radius 3 is 2.54 bits per heavy atom. The average molecular weight is 386 g/mol. The Balaban J connectivity index is 1.72. The topological polar surface area (TPSA) is 89.8 Å². The molecule has 2 N–H and O–H groups in total. The first-order valence-corrected chi connectivity index (χ1v) is 8.54. The lowest BCUT2D eigenvalue weighted by Crippen LogP contribution is -2.41. The Hall–Kier alpha value is -3.55. The average Bonchev–Trinajstić information content (AvgIpc) is 3.02. The number of methoxy groups -OCH3 is 1. The Morgan fingerprint density at radius 2 is 1.82 bits per heavy atom. The van der Waals surface area contributed by atoms with Crippen molar-refractivity contribution in [2.24, 2.45) is 0 Å². The molecule has 0 aliphatic heterocycles. The van der Waals surface area contributed by atoms with Crippen LogP contribution in [0, 0.1) is 12.7 Å². The molecule has 0 aliphatic rings. The third-order valence-corrected chi connectivity index (χ3v) is 4.12. The van der Waals surface area contributed by atoms with Gasteiger partial charge in [0.05, 0.1) is 13.7 Å². The summed E-state index contributed by atoms with van der Waals surface area (Å²) in [6.45, 7) is 3.93. The lowest BCUT2D eigenvalue weighted by Gasteiger charge is -2.11. The molecule has 3 aromatic rings. The van der Waals surface area contributed by atoms with E-state index in [1.54, 1.807) is 19.1 Å². The third kappa shape index (κ3) is 3.75. The standard InChI is InChI=1S/C20H19FN2O5/c1-4-27-16-7-5-12(9-17(16)26-3)19(24)22-23-20(25)18-11(2)14-10-13(21)6-8-15(14)28-18/h5-10H,4H2,1-3H3,(H,22,24)(H,23,25). The summed E-state index contributed by atoms with van der Waals surface area (Å²) < 4.78 is 29.5. The maximum Gasteiger partial charge on any atom is 0.305 e. The summed E-state index contributed by atoms with van der Waals surface area (Å²) in [5.74, 6) is -0.729. The van der Waals surface area contributed by atoms with E-state index in [0.717, 1.165) is 0 Å². The van der Waals surface area contributed by atoms with Gasteiger partial charge >= 0.3 is 5.91 Å². The van der Waals surface area contributed by atoms with Gasteiger partial charge in [-0.05, 0) is 50.2 Å². The minimum absolute atomic E-state index is 0.00910. The van der Waals surface area contributed by atoms with Gasteiger partial charge in [-0.1, -0.05) is 0 Å². The Bertz CT molecular complexity index is 1040. The third-order valence-electron chi connectivity index (χ3n) is 4.12. The summed E-state index contributed by atoms with van der Waals surface area (Å²) >= 11 is 0. The fourth-order valence-corrected chi connectivity index (χ4v) is 2.74. The molecule has 1 aromatic heterocycles. The van der Waals surface area contributed by atoms with E-state index in [0.29, 0.717) is 34.6 Å². The van der Waals surface area contributed by atoms with Gasteiger partial charge in [0.2, 0.25) is 0 Å². The number of aryl methyl sites for hydroxylation is 1. The zero-order valence-corrected chi connectivity index (χ0v) is 15.6. The molecule has 0 bridgehead atoms. The summed E-state index contributed by atoms with van der Waals surface area (Å²) in [4.78, 5) is 24.7. The van der Waals surface area contributed by atoms with Gasteiger partial charge in [-0.15, -0.1) is 0 Å². The second-order valence-electron chi connectivity index (χ2n) is 5.90. The van der Waals surface area contributed by atoms with Crippen LogP contribution in [0.5, 0.6) is 11.5 Å². The number of fused-ring (bicyclic) bond motifs is 1. The summed E-state index contributed by atoms with van der Waals surface area (Å²) in [5, 5.41) is 0.493. The highest BCUT2D eigenvalue weighted by Crippen LogP contribution is 2.28. The minimum Gasteiger partial charge on any atom is -0.493 e. The van der Waals surface area contributed by atoms with Crippen LogP contribution in [-0.2, 0) is 0 Å². The molecule has 0 aliphatic carbocycles. The maximum atomic E-state index is 13.4. The van der Waals surface area contributed by atoms with Gasteiger partial charge in [0.25, 0.3) is 5.91 Å². The van der Waals surface area contributed by atoms with Gasteiger partial charge in [0.1, 0.15) is 11.4 Å². The first kappa shape index (κ1) is 19.2. The number of hydrogen-bond acceptors (Lipinski definition) is 5. The van der Waals surface area contributed by atoms with Crippen LogP contribution < -0.4 is 20.3 Å². The maximum absolute atomic E-state index is 13.4. The van der Waals surface area contributed by atoms with Gasteiger partial charge in [0, 0.05) is 16.5 Å². The zero-order chi connectivity index (χ0) is 20.3. The second-order valence-corrected chi connectivity index (χ2v) is 5.90. The zero-order valence-electron chi connectivity index (χ0n) is 15.6. The fraction of sp³-hybridized carbons (Fsp3) is 0.200. The smallest absolute Gasteiger partial charge is 0.305 e. The van der Waals surface area contributed by atoms with Crippen molar-refractivity contribution in [3.8, 4) is 11.5 Å². The molecule has 7 nitrogen and oxygen atoms in total.